The van der Waals surface area contributed by atoms with Crippen LogP contribution >= 0.6 is 0 Å². The lowest BCUT2D eigenvalue weighted by Crippen LogP contribution is -2.45. The molecule has 0 spiro atoms. The van der Waals surface area contributed by atoms with Gasteiger partial charge in [0.25, 0.3) is 0 Å². The van der Waals surface area contributed by atoms with Gasteiger partial charge in [-0.1, -0.05) is 0 Å². The molecule has 2 rings (SSSR count). The summed E-state index contributed by atoms with van der Waals surface area (Å²) in [6.45, 7) is 0.526. The first kappa shape index (κ1) is 8.34. The molecule has 5 nitrogen and oxygen atoms in total. The highest BCUT2D eigenvalue weighted by molar-refractivity contribution is 5.82. The number of fused-ring (bicyclic) bond motifs is 2. The molecule has 0 aromatic heterocycles. The number of nitrogens with zero attached hydrogens (tertiary/aromatic N) is 1. The number of amides is 1. The van der Waals surface area contributed by atoms with Gasteiger partial charge in [-0.3, -0.25) is 4.90 Å². The monoisotopic (exact) mass is 185 g/mol. The van der Waals surface area contributed by atoms with Crippen LogP contribution < -0.4 is 0 Å². The standard InChI is InChI=1S/C8H11NO4/c1-12-7(10)6-3-2-5-4-9(6)8(11)13-5/h5-6H,2-4H2,1H3/t5-,6?/m1/s1. The molecule has 1 amide bonds. The first-order chi connectivity index (χ1) is 6.22. The van der Waals surface area contributed by atoms with Gasteiger partial charge in [0.2, 0.25) is 0 Å². The van der Waals surface area contributed by atoms with Crippen molar-refractivity contribution in [2.75, 3.05) is 13.7 Å². The molecule has 2 aliphatic rings. The van der Waals surface area contributed by atoms with Gasteiger partial charge in [0, 0.05) is 0 Å². The van der Waals surface area contributed by atoms with Crippen molar-refractivity contribution in [3.8, 4) is 0 Å². The van der Waals surface area contributed by atoms with Crippen molar-refractivity contribution >= 4 is 12.1 Å². The van der Waals surface area contributed by atoms with Gasteiger partial charge in [0.1, 0.15) is 12.1 Å². The fraction of sp³-hybridized carbons (Fsp3) is 0.750. The van der Waals surface area contributed by atoms with Crippen LogP contribution in [-0.4, -0.2) is 42.8 Å². The predicted octanol–water partition coefficient (Wildman–Crippen LogP) is 0.143. The number of carbonyl (C=O) groups excluding carboxylic acids is 2. The van der Waals surface area contributed by atoms with E-state index in [1.807, 2.05) is 0 Å². The molecule has 2 heterocycles. The lowest BCUT2D eigenvalue weighted by atomic mass is 10.0. The Labute approximate surface area is 75.6 Å². The number of hydrogen-bond donors (Lipinski definition) is 0. The van der Waals surface area contributed by atoms with Crippen LogP contribution in [0.15, 0.2) is 0 Å². The number of piperidine rings is 1. The lowest BCUT2D eigenvalue weighted by molar-refractivity contribution is -0.146. The van der Waals surface area contributed by atoms with E-state index >= 15 is 0 Å². The summed E-state index contributed by atoms with van der Waals surface area (Å²) in [6, 6.07) is -0.434. The predicted molar refractivity (Wildman–Crippen MR) is 42.0 cm³/mol. The summed E-state index contributed by atoms with van der Waals surface area (Å²) in [5.41, 5.74) is 0. The Hall–Kier alpha value is -1.26. The maximum Gasteiger partial charge on any atom is 0.410 e. The van der Waals surface area contributed by atoms with E-state index in [-0.39, 0.29) is 12.1 Å². The summed E-state index contributed by atoms with van der Waals surface area (Å²) < 4.78 is 9.59. The molecule has 1 unspecified atom stereocenters. The van der Waals surface area contributed by atoms with Gasteiger partial charge in [0.05, 0.1) is 13.7 Å². The highest BCUT2D eigenvalue weighted by Crippen LogP contribution is 2.27. The van der Waals surface area contributed by atoms with Crippen LogP contribution in [0.2, 0.25) is 0 Å². The molecule has 2 atom stereocenters. The van der Waals surface area contributed by atoms with Gasteiger partial charge in [0.15, 0.2) is 0 Å². The molecular formula is C8H11NO4. The summed E-state index contributed by atoms with van der Waals surface area (Å²) in [7, 11) is 1.33. The first-order valence-electron chi connectivity index (χ1n) is 4.27. The second-order valence-corrected chi connectivity index (χ2v) is 3.27. The summed E-state index contributed by atoms with van der Waals surface area (Å²) in [5, 5.41) is 0. The van der Waals surface area contributed by atoms with Crippen LogP contribution in [-0.2, 0) is 14.3 Å². The average molecular weight is 185 g/mol. The Morgan fingerprint density at radius 1 is 1.62 bits per heavy atom. The first-order valence-corrected chi connectivity index (χ1v) is 4.27. The van der Waals surface area contributed by atoms with Crippen LogP contribution in [0.25, 0.3) is 0 Å². The van der Waals surface area contributed by atoms with E-state index in [1.165, 1.54) is 12.0 Å². The summed E-state index contributed by atoms with van der Waals surface area (Å²) in [5.74, 6) is -0.350. The van der Waals surface area contributed by atoms with Gasteiger partial charge >= 0.3 is 12.1 Å². The van der Waals surface area contributed by atoms with Crippen molar-refractivity contribution in [2.45, 2.75) is 25.0 Å². The normalized spacial score (nSPS) is 31.5. The van der Waals surface area contributed by atoms with E-state index in [4.69, 9.17) is 4.74 Å². The van der Waals surface area contributed by atoms with Crippen molar-refractivity contribution in [1.82, 2.24) is 4.90 Å². The Balaban J connectivity index is 2.13. The number of carbonyl (C=O) groups is 2. The molecule has 2 aliphatic heterocycles. The lowest BCUT2D eigenvalue weighted by Gasteiger charge is -2.26. The smallest absolute Gasteiger partial charge is 0.410 e. The molecule has 0 radical (unpaired) electrons. The van der Waals surface area contributed by atoms with E-state index < -0.39 is 12.1 Å². The minimum absolute atomic E-state index is 0.0200. The molecule has 0 aromatic carbocycles. The summed E-state index contributed by atoms with van der Waals surface area (Å²) in [4.78, 5) is 23.9. The highest BCUT2D eigenvalue weighted by Gasteiger charge is 2.44. The van der Waals surface area contributed by atoms with Crippen LogP contribution in [0.5, 0.6) is 0 Å². The number of esters is 1. The van der Waals surface area contributed by atoms with Crippen LogP contribution in [0.3, 0.4) is 0 Å². The number of hydrogen-bond acceptors (Lipinski definition) is 4. The zero-order valence-electron chi connectivity index (χ0n) is 7.36. The third-order valence-corrected chi connectivity index (χ3v) is 2.51. The quantitative estimate of drug-likeness (QED) is 0.545. The van der Waals surface area contributed by atoms with E-state index in [2.05, 4.69) is 4.74 Å². The van der Waals surface area contributed by atoms with Crippen molar-refractivity contribution in [3.63, 3.8) is 0 Å². The van der Waals surface area contributed by atoms with Gasteiger partial charge in [-0.15, -0.1) is 0 Å². The topological polar surface area (TPSA) is 55.8 Å². The van der Waals surface area contributed by atoms with E-state index in [9.17, 15) is 9.59 Å². The Kier molecular flexibility index (Phi) is 1.86. The fourth-order valence-electron chi connectivity index (χ4n) is 1.83. The third-order valence-electron chi connectivity index (χ3n) is 2.51. The third kappa shape index (κ3) is 1.24. The van der Waals surface area contributed by atoms with Crippen LogP contribution in [0, 0.1) is 0 Å². The van der Waals surface area contributed by atoms with Crippen LogP contribution in [0.1, 0.15) is 12.8 Å². The SMILES string of the molecule is COC(=O)C1CC[C@@H]2CN1C(=O)O2. The number of rotatable bonds is 1. The van der Waals surface area contributed by atoms with Crippen molar-refractivity contribution in [3.05, 3.63) is 0 Å². The fourth-order valence-corrected chi connectivity index (χ4v) is 1.83. The average Bonchev–Trinajstić information content (AvgIpc) is 2.42. The molecule has 2 fully saturated rings. The molecule has 72 valence electrons. The Morgan fingerprint density at radius 2 is 2.38 bits per heavy atom. The van der Waals surface area contributed by atoms with Crippen molar-refractivity contribution in [2.24, 2.45) is 0 Å². The van der Waals surface area contributed by atoms with Crippen LogP contribution in [0.4, 0.5) is 4.79 Å². The molecule has 0 N–H and O–H groups in total. The molecule has 13 heavy (non-hydrogen) atoms. The largest absolute Gasteiger partial charge is 0.467 e. The van der Waals surface area contributed by atoms with E-state index in [0.717, 1.165) is 6.42 Å². The van der Waals surface area contributed by atoms with Gasteiger partial charge in [-0.2, -0.15) is 0 Å². The minimum atomic E-state index is -0.434. The molecule has 5 heteroatoms. The molecule has 2 saturated heterocycles. The second-order valence-electron chi connectivity index (χ2n) is 3.27. The van der Waals surface area contributed by atoms with E-state index in [0.29, 0.717) is 13.0 Å². The molecular weight excluding hydrogens is 174 g/mol. The summed E-state index contributed by atoms with van der Waals surface area (Å²) >= 11 is 0. The maximum absolute atomic E-state index is 11.2. The van der Waals surface area contributed by atoms with E-state index in [1.54, 1.807) is 0 Å². The summed E-state index contributed by atoms with van der Waals surface area (Å²) in [6.07, 6.45) is 0.983. The maximum atomic E-state index is 11.2. The Morgan fingerprint density at radius 3 is 3.08 bits per heavy atom. The highest BCUT2D eigenvalue weighted by atomic mass is 16.6. The van der Waals surface area contributed by atoms with Crippen molar-refractivity contribution in [1.29, 1.82) is 0 Å². The van der Waals surface area contributed by atoms with Gasteiger partial charge in [-0.25, -0.2) is 9.59 Å². The molecule has 0 aromatic rings. The molecule has 0 saturated carbocycles. The number of methoxy groups -OCH3 is 1. The zero-order valence-corrected chi connectivity index (χ0v) is 7.36. The molecule has 0 aliphatic carbocycles. The Bertz CT molecular complexity index is 253. The zero-order chi connectivity index (χ0) is 9.42. The second kappa shape index (κ2) is 2.90. The van der Waals surface area contributed by atoms with Crippen molar-refractivity contribution < 1.29 is 19.1 Å². The molecule has 2 bridgehead atoms. The minimum Gasteiger partial charge on any atom is -0.467 e. The number of ether oxygens (including phenoxy) is 2. The van der Waals surface area contributed by atoms with Gasteiger partial charge in [-0.05, 0) is 12.8 Å². The van der Waals surface area contributed by atoms with Gasteiger partial charge < -0.3 is 9.47 Å².